The van der Waals surface area contributed by atoms with Gasteiger partial charge in [-0.15, -0.1) is 0 Å². The molecule has 1 aliphatic rings. The second-order valence-electron chi connectivity index (χ2n) is 7.32. The maximum absolute atomic E-state index is 12.0. The molecule has 3 heterocycles. The third-order valence-electron chi connectivity index (χ3n) is 4.72. The lowest BCUT2D eigenvalue weighted by Crippen LogP contribution is -2.29. The Morgan fingerprint density at radius 2 is 1.93 bits per heavy atom. The molecule has 3 rings (SSSR count). The molecule has 1 aliphatic heterocycles. The van der Waals surface area contributed by atoms with Crippen LogP contribution in [0.1, 0.15) is 25.3 Å². The van der Waals surface area contributed by atoms with Crippen LogP contribution in [-0.4, -0.2) is 66.0 Å². The number of rotatable bonds is 14. The van der Waals surface area contributed by atoms with E-state index in [2.05, 4.69) is 36.4 Å². The van der Waals surface area contributed by atoms with Crippen LogP contribution in [0.2, 0.25) is 0 Å². The minimum Gasteiger partial charge on any atom is -0.378 e. The van der Waals surface area contributed by atoms with Crippen molar-refractivity contribution < 1.29 is 14.3 Å². The fourth-order valence-electron chi connectivity index (χ4n) is 2.90. The average Bonchev–Trinajstić information content (AvgIpc) is 3.30. The molecule has 2 aromatic rings. The van der Waals surface area contributed by atoms with Crippen molar-refractivity contribution >= 4 is 22.9 Å². The number of nitrogens with two attached hydrogens (primary N) is 1. The molecule has 2 aromatic heterocycles. The third-order valence-corrected chi connectivity index (χ3v) is 4.72. The Morgan fingerprint density at radius 3 is 2.67 bits per heavy atom. The normalized spacial score (nSPS) is 14.8. The number of anilines is 1. The van der Waals surface area contributed by atoms with Crippen LogP contribution >= 0.6 is 0 Å². The number of hydrazine groups is 1. The first-order chi connectivity index (χ1) is 14.5. The van der Waals surface area contributed by atoms with Gasteiger partial charge < -0.3 is 30.8 Å². The Kier molecular flexibility index (Phi) is 7.76. The second kappa shape index (κ2) is 10.5. The van der Waals surface area contributed by atoms with Gasteiger partial charge in [0.1, 0.15) is 5.65 Å². The zero-order chi connectivity index (χ0) is 21.4. The Labute approximate surface area is 173 Å². The summed E-state index contributed by atoms with van der Waals surface area (Å²) >= 11 is 0. The van der Waals surface area contributed by atoms with E-state index in [9.17, 15) is 9.59 Å². The van der Waals surface area contributed by atoms with Crippen LogP contribution in [0.4, 0.5) is 5.95 Å². The number of amides is 1. The van der Waals surface area contributed by atoms with Gasteiger partial charge in [0.05, 0.1) is 37.5 Å². The molecule has 0 spiro atoms. The summed E-state index contributed by atoms with van der Waals surface area (Å²) < 4.78 is 10.9. The smallest absolute Gasteiger partial charge is 0.262 e. The number of ether oxygens (including phenoxy) is 2. The molecule has 30 heavy (non-hydrogen) atoms. The van der Waals surface area contributed by atoms with Crippen molar-refractivity contribution in [2.45, 2.75) is 32.0 Å². The van der Waals surface area contributed by atoms with Gasteiger partial charge in [-0.1, -0.05) is 0 Å². The molecule has 1 amide bonds. The van der Waals surface area contributed by atoms with Crippen molar-refractivity contribution in [1.29, 1.82) is 0 Å². The number of aromatic nitrogens is 3. The van der Waals surface area contributed by atoms with Crippen LogP contribution < -0.4 is 32.8 Å². The van der Waals surface area contributed by atoms with Crippen molar-refractivity contribution in [3.05, 3.63) is 22.1 Å². The topological polar surface area (TPSA) is 191 Å². The monoisotopic (exact) mass is 422 g/mol. The lowest BCUT2D eigenvalue weighted by molar-refractivity contribution is -0.121. The third kappa shape index (κ3) is 6.78. The number of carbonyl (C=O) groups is 1. The van der Waals surface area contributed by atoms with E-state index in [0.29, 0.717) is 63.5 Å². The zero-order valence-corrected chi connectivity index (χ0v) is 17.1. The van der Waals surface area contributed by atoms with E-state index in [4.69, 9.17) is 15.2 Å². The quantitative estimate of drug-likeness (QED) is 0.143. The van der Waals surface area contributed by atoms with Crippen molar-refractivity contribution in [2.75, 3.05) is 45.3 Å². The number of nitrogen functional groups attached to an aromatic ring is 1. The summed E-state index contributed by atoms with van der Waals surface area (Å²) in [6, 6.07) is 0. The number of carbonyl (C=O) groups excluding carboxylic acids is 1. The minimum absolute atomic E-state index is 0.0223. The highest BCUT2D eigenvalue weighted by Gasteiger charge is 2.35. The standard InChI is InChI=1S/C18H30N8O4/c1-18(25-26-18)3-2-13(27)21-5-7-30-9-8-29-6-4-20-10-12-11-22-15-14(12)16(28)24-17(19)23-15/h11,20,25-26H,2-10H2,1H3,(H,21,27)(H4,19,22,23,24,28). The largest absolute Gasteiger partial charge is 0.378 e. The van der Waals surface area contributed by atoms with Crippen molar-refractivity contribution in [3.8, 4) is 0 Å². The van der Waals surface area contributed by atoms with E-state index in [0.717, 1.165) is 12.0 Å². The van der Waals surface area contributed by atoms with Gasteiger partial charge in [-0.3, -0.25) is 14.6 Å². The molecular formula is C18H30N8O4. The highest BCUT2D eigenvalue weighted by Crippen LogP contribution is 2.15. The van der Waals surface area contributed by atoms with Gasteiger partial charge in [0.15, 0.2) is 0 Å². The van der Waals surface area contributed by atoms with Crippen LogP contribution in [0.25, 0.3) is 11.0 Å². The Morgan fingerprint density at radius 1 is 1.20 bits per heavy atom. The van der Waals surface area contributed by atoms with E-state index < -0.39 is 0 Å². The molecule has 8 N–H and O–H groups in total. The summed E-state index contributed by atoms with van der Waals surface area (Å²) in [4.78, 5) is 33.1. The highest BCUT2D eigenvalue weighted by atomic mass is 16.5. The number of H-pyrrole nitrogens is 2. The first-order valence-corrected chi connectivity index (χ1v) is 10.00. The lowest BCUT2D eigenvalue weighted by atomic mass is 10.1. The number of nitrogens with zero attached hydrogens (tertiary/aromatic N) is 1. The first kappa shape index (κ1) is 22.2. The van der Waals surface area contributed by atoms with E-state index in [1.165, 1.54) is 0 Å². The molecular weight excluding hydrogens is 392 g/mol. The summed E-state index contributed by atoms with van der Waals surface area (Å²) in [5, 5.41) is 6.55. The van der Waals surface area contributed by atoms with E-state index in [1.54, 1.807) is 6.20 Å². The molecule has 1 saturated heterocycles. The predicted octanol–water partition coefficient (Wildman–Crippen LogP) is -1.32. The fourth-order valence-corrected chi connectivity index (χ4v) is 2.90. The molecule has 0 saturated carbocycles. The number of hydrogen-bond donors (Lipinski definition) is 7. The molecule has 0 unspecified atom stereocenters. The van der Waals surface area contributed by atoms with Gasteiger partial charge in [-0.25, -0.2) is 10.9 Å². The van der Waals surface area contributed by atoms with Gasteiger partial charge in [-0.05, 0) is 18.9 Å². The molecule has 0 bridgehead atoms. The molecule has 12 heteroatoms. The fraction of sp³-hybridized carbons (Fsp3) is 0.611. The number of aromatic amines is 2. The van der Waals surface area contributed by atoms with Crippen LogP contribution in [-0.2, 0) is 20.8 Å². The number of nitrogens with one attached hydrogen (secondary N) is 6. The zero-order valence-electron chi connectivity index (χ0n) is 17.1. The van der Waals surface area contributed by atoms with Gasteiger partial charge in [0.25, 0.3) is 5.56 Å². The van der Waals surface area contributed by atoms with Gasteiger partial charge in [-0.2, -0.15) is 4.98 Å². The average molecular weight is 422 g/mol. The Balaban J connectivity index is 1.16. The SMILES string of the molecule is CC1(CCC(=O)NCCOCCOCCNCc2c[nH]c3nc(N)[nH]c(=O)c23)NN1. The summed E-state index contributed by atoms with van der Waals surface area (Å²) in [5.41, 5.74) is 12.5. The lowest BCUT2D eigenvalue weighted by Gasteiger charge is -2.08. The van der Waals surface area contributed by atoms with Crippen LogP contribution in [0.3, 0.4) is 0 Å². The maximum Gasteiger partial charge on any atom is 0.262 e. The van der Waals surface area contributed by atoms with Crippen LogP contribution in [0.15, 0.2) is 11.0 Å². The van der Waals surface area contributed by atoms with Crippen molar-refractivity contribution in [1.82, 2.24) is 36.4 Å². The van der Waals surface area contributed by atoms with Crippen LogP contribution in [0.5, 0.6) is 0 Å². The Hall–Kier alpha value is -2.51. The molecule has 166 valence electrons. The summed E-state index contributed by atoms with van der Waals surface area (Å²) in [7, 11) is 0. The van der Waals surface area contributed by atoms with Crippen molar-refractivity contribution in [2.24, 2.45) is 0 Å². The van der Waals surface area contributed by atoms with Gasteiger partial charge in [0.2, 0.25) is 11.9 Å². The van der Waals surface area contributed by atoms with E-state index >= 15 is 0 Å². The molecule has 1 fully saturated rings. The van der Waals surface area contributed by atoms with E-state index in [-0.39, 0.29) is 23.1 Å². The van der Waals surface area contributed by atoms with Crippen molar-refractivity contribution in [3.63, 3.8) is 0 Å². The summed E-state index contributed by atoms with van der Waals surface area (Å²) in [6.07, 6.45) is 2.97. The number of fused-ring (bicyclic) bond motifs is 1. The maximum atomic E-state index is 12.0. The van der Waals surface area contributed by atoms with E-state index in [1.807, 2.05) is 6.92 Å². The first-order valence-electron chi connectivity index (χ1n) is 10.00. The highest BCUT2D eigenvalue weighted by molar-refractivity contribution is 5.79. The molecule has 12 nitrogen and oxygen atoms in total. The molecule has 0 atom stereocenters. The van der Waals surface area contributed by atoms with Crippen LogP contribution in [0, 0.1) is 0 Å². The second-order valence-corrected chi connectivity index (χ2v) is 7.32. The Bertz CT molecular complexity index is 892. The molecule has 0 aromatic carbocycles. The predicted molar refractivity (Wildman–Crippen MR) is 111 cm³/mol. The summed E-state index contributed by atoms with van der Waals surface area (Å²) in [5.74, 6) is 0.110. The summed E-state index contributed by atoms with van der Waals surface area (Å²) in [6.45, 7) is 5.55. The number of hydrogen-bond acceptors (Lipinski definition) is 9. The molecule has 0 radical (unpaired) electrons. The van der Waals surface area contributed by atoms with Gasteiger partial charge >= 0.3 is 0 Å². The molecule has 0 aliphatic carbocycles. The van der Waals surface area contributed by atoms with Gasteiger partial charge in [0, 0.05) is 32.3 Å². The minimum atomic E-state index is -0.258.